The lowest BCUT2D eigenvalue weighted by atomic mass is 10.1. The summed E-state index contributed by atoms with van der Waals surface area (Å²) in [5, 5.41) is 5.25. The zero-order valence-electron chi connectivity index (χ0n) is 8.94. The van der Waals surface area contributed by atoms with E-state index in [0.717, 1.165) is 22.9 Å². The Morgan fingerprint density at radius 3 is 2.80 bits per heavy atom. The van der Waals surface area contributed by atoms with Crippen LogP contribution in [-0.4, -0.2) is 23.2 Å². The highest BCUT2D eigenvalue weighted by Crippen LogP contribution is 2.25. The van der Waals surface area contributed by atoms with Crippen LogP contribution >= 0.6 is 0 Å². The number of aryl methyl sites for hydroxylation is 2. The molecule has 4 heteroatoms. The normalized spacial score (nSPS) is 10.6. The predicted molar refractivity (Wildman–Crippen MR) is 57.4 cm³/mol. The molecular weight excluding hydrogens is 192 g/mol. The molecule has 0 aliphatic rings. The maximum absolute atomic E-state index is 10.9. The van der Waals surface area contributed by atoms with Crippen LogP contribution in [0.3, 0.4) is 0 Å². The second-order valence-electron chi connectivity index (χ2n) is 3.44. The number of hydrogen-bond donors (Lipinski definition) is 0. The summed E-state index contributed by atoms with van der Waals surface area (Å²) < 4.78 is 6.89. The summed E-state index contributed by atoms with van der Waals surface area (Å²) in [6.45, 7) is 1.96. The number of methoxy groups -OCH3 is 1. The van der Waals surface area contributed by atoms with Gasteiger partial charge in [0.2, 0.25) is 0 Å². The molecule has 0 spiro atoms. The lowest BCUT2D eigenvalue weighted by molar-refractivity contribution is 0.112. The molecule has 15 heavy (non-hydrogen) atoms. The van der Waals surface area contributed by atoms with Gasteiger partial charge in [-0.2, -0.15) is 5.10 Å². The van der Waals surface area contributed by atoms with Gasteiger partial charge >= 0.3 is 0 Å². The quantitative estimate of drug-likeness (QED) is 0.699. The van der Waals surface area contributed by atoms with Crippen LogP contribution in [0.2, 0.25) is 0 Å². The number of rotatable bonds is 2. The summed E-state index contributed by atoms with van der Waals surface area (Å²) in [5.74, 6) is 0.681. The monoisotopic (exact) mass is 204 g/mol. The fraction of sp³-hybridized carbons (Fsp3) is 0.273. The topological polar surface area (TPSA) is 44.1 Å². The van der Waals surface area contributed by atoms with Crippen LogP contribution in [0.15, 0.2) is 12.1 Å². The largest absolute Gasteiger partial charge is 0.497 e. The van der Waals surface area contributed by atoms with Gasteiger partial charge in [-0.1, -0.05) is 0 Å². The predicted octanol–water partition coefficient (Wildman–Crippen LogP) is 1.70. The third-order valence-corrected chi connectivity index (χ3v) is 2.60. The van der Waals surface area contributed by atoms with Crippen molar-refractivity contribution >= 4 is 17.2 Å². The third-order valence-electron chi connectivity index (χ3n) is 2.60. The fourth-order valence-electron chi connectivity index (χ4n) is 1.62. The van der Waals surface area contributed by atoms with E-state index in [1.54, 1.807) is 17.9 Å². The molecule has 0 unspecified atom stereocenters. The Bertz CT molecular complexity index is 529. The molecular formula is C11H12N2O2. The Morgan fingerprint density at radius 2 is 2.20 bits per heavy atom. The van der Waals surface area contributed by atoms with Crippen LogP contribution in [0.1, 0.15) is 16.1 Å². The summed E-state index contributed by atoms with van der Waals surface area (Å²) in [6, 6.07) is 3.59. The van der Waals surface area contributed by atoms with Crippen molar-refractivity contribution in [1.82, 2.24) is 9.78 Å². The number of fused-ring (bicyclic) bond motifs is 1. The fourth-order valence-corrected chi connectivity index (χ4v) is 1.62. The van der Waals surface area contributed by atoms with Gasteiger partial charge in [0.15, 0.2) is 6.29 Å². The molecule has 0 amide bonds. The van der Waals surface area contributed by atoms with Gasteiger partial charge in [-0.15, -0.1) is 0 Å². The molecule has 0 saturated carbocycles. The number of hydrogen-bond acceptors (Lipinski definition) is 3. The lowest BCUT2D eigenvalue weighted by Gasteiger charge is -2.01. The van der Waals surface area contributed by atoms with E-state index in [4.69, 9.17) is 4.74 Å². The molecule has 78 valence electrons. The van der Waals surface area contributed by atoms with Gasteiger partial charge in [-0.05, 0) is 19.1 Å². The Balaban J connectivity index is 2.86. The van der Waals surface area contributed by atoms with Crippen LogP contribution in [0.4, 0.5) is 0 Å². The highest BCUT2D eigenvalue weighted by molar-refractivity contribution is 5.97. The molecule has 0 atom stereocenters. The van der Waals surface area contributed by atoms with E-state index in [9.17, 15) is 4.79 Å². The standard InChI is InChI=1S/C11H12N2O2/c1-7-10-5-9(15-3)4-8(6-14)11(10)12-13(7)2/h4-6H,1-3H3. The van der Waals surface area contributed by atoms with Crippen molar-refractivity contribution < 1.29 is 9.53 Å². The summed E-state index contributed by atoms with van der Waals surface area (Å²) in [7, 11) is 3.44. The molecule has 0 saturated heterocycles. The van der Waals surface area contributed by atoms with Gasteiger partial charge < -0.3 is 4.74 Å². The zero-order valence-corrected chi connectivity index (χ0v) is 8.94. The molecule has 1 heterocycles. The van der Waals surface area contributed by atoms with Crippen LogP contribution < -0.4 is 4.74 Å². The van der Waals surface area contributed by atoms with Gasteiger partial charge in [-0.25, -0.2) is 0 Å². The maximum Gasteiger partial charge on any atom is 0.152 e. The van der Waals surface area contributed by atoms with Crippen molar-refractivity contribution in [3.63, 3.8) is 0 Å². The van der Waals surface area contributed by atoms with Gasteiger partial charge in [0.1, 0.15) is 11.3 Å². The SMILES string of the molecule is COc1cc(C=O)c2nn(C)c(C)c2c1. The highest BCUT2D eigenvalue weighted by Gasteiger charge is 2.10. The first-order chi connectivity index (χ1) is 7.17. The molecule has 2 rings (SSSR count). The van der Waals surface area contributed by atoms with E-state index in [-0.39, 0.29) is 0 Å². The average molecular weight is 204 g/mol. The number of aldehydes is 1. The Morgan fingerprint density at radius 1 is 1.47 bits per heavy atom. The van der Waals surface area contributed by atoms with Crippen molar-refractivity contribution in [2.24, 2.45) is 7.05 Å². The van der Waals surface area contributed by atoms with E-state index in [0.29, 0.717) is 11.3 Å². The molecule has 0 bridgehead atoms. The van der Waals surface area contributed by atoms with Gasteiger partial charge in [0.25, 0.3) is 0 Å². The summed E-state index contributed by atoms with van der Waals surface area (Å²) in [4.78, 5) is 10.9. The molecule has 0 radical (unpaired) electrons. The van der Waals surface area contributed by atoms with Crippen LogP contribution in [0.25, 0.3) is 10.9 Å². The van der Waals surface area contributed by atoms with Crippen molar-refractivity contribution in [2.75, 3.05) is 7.11 Å². The first-order valence-corrected chi connectivity index (χ1v) is 4.64. The minimum absolute atomic E-state index is 0.563. The third kappa shape index (κ3) is 1.38. The van der Waals surface area contributed by atoms with Crippen molar-refractivity contribution in [1.29, 1.82) is 0 Å². The van der Waals surface area contributed by atoms with Gasteiger partial charge in [0.05, 0.1) is 7.11 Å². The van der Waals surface area contributed by atoms with E-state index in [1.165, 1.54) is 0 Å². The Labute approximate surface area is 87.5 Å². The molecule has 4 nitrogen and oxygen atoms in total. The number of aromatic nitrogens is 2. The number of ether oxygens (including phenoxy) is 1. The smallest absolute Gasteiger partial charge is 0.152 e. The Kier molecular flexibility index (Phi) is 2.19. The van der Waals surface area contributed by atoms with Crippen LogP contribution in [0.5, 0.6) is 5.75 Å². The summed E-state index contributed by atoms with van der Waals surface area (Å²) >= 11 is 0. The summed E-state index contributed by atoms with van der Waals surface area (Å²) in [5.41, 5.74) is 2.31. The van der Waals surface area contributed by atoms with Crippen molar-refractivity contribution in [2.45, 2.75) is 6.92 Å². The molecule has 1 aromatic heterocycles. The molecule has 0 N–H and O–H groups in total. The zero-order chi connectivity index (χ0) is 11.0. The van der Waals surface area contributed by atoms with E-state index < -0.39 is 0 Å². The first kappa shape index (κ1) is 9.71. The minimum Gasteiger partial charge on any atom is -0.497 e. The number of carbonyl (C=O) groups excluding carboxylic acids is 1. The highest BCUT2D eigenvalue weighted by atomic mass is 16.5. The number of benzene rings is 1. The lowest BCUT2D eigenvalue weighted by Crippen LogP contribution is -1.91. The van der Waals surface area contributed by atoms with Crippen molar-refractivity contribution in [3.05, 3.63) is 23.4 Å². The van der Waals surface area contributed by atoms with Crippen LogP contribution in [0, 0.1) is 6.92 Å². The second-order valence-corrected chi connectivity index (χ2v) is 3.44. The first-order valence-electron chi connectivity index (χ1n) is 4.64. The summed E-state index contributed by atoms with van der Waals surface area (Å²) in [6.07, 6.45) is 0.803. The van der Waals surface area contributed by atoms with Crippen LogP contribution in [-0.2, 0) is 7.05 Å². The molecule has 0 aliphatic heterocycles. The van der Waals surface area contributed by atoms with Gasteiger partial charge in [0, 0.05) is 23.7 Å². The molecule has 0 fully saturated rings. The maximum atomic E-state index is 10.9. The van der Waals surface area contributed by atoms with E-state index in [1.807, 2.05) is 20.0 Å². The number of carbonyl (C=O) groups is 1. The van der Waals surface area contributed by atoms with Crippen molar-refractivity contribution in [3.8, 4) is 5.75 Å². The molecule has 2 aromatic rings. The molecule has 1 aromatic carbocycles. The van der Waals surface area contributed by atoms with Gasteiger partial charge in [-0.3, -0.25) is 9.48 Å². The average Bonchev–Trinajstić information content (AvgIpc) is 2.54. The Hall–Kier alpha value is -1.84. The van der Waals surface area contributed by atoms with E-state index >= 15 is 0 Å². The number of nitrogens with zero attached hydrogens (tertiary/aromatic N) is 2. The second kappa shape index (κ2) is 3.38. The van der Waals surface area contributed by atoms with E-state index in [2.05, 4.69) is 5.10 Å². The minimum atomic E-state index is 0.563. The molecule has 0 aliphatic carbocycles.